The number of anilines is 1. The highest BCUT2D eigenvalue weighted by molar-refractivity contribution is 5.45. The average molecular weight is 225 g/mol. The van der Waals surface area contributed by atoms with E-state index in [2.05, 4.69) is 28.6 Å². The van der Waals surface area contributed by atoms with Gasteiger partial charge in [0.25, 0.3) is 0 Å². The van der Waals surface area contributed by atoms with Crippen LogP contribution in [0.5, 0.6) is 0 Å². The maximum absolute atomic E-state index is 13.0. The molecule has 1 rings (SSSR count). The zero-order valence-corrected chi connectivity index (χ0v) is 10.4. The summed E-state index contributed by atoms with van der Waals surface area (Å²) >= 11 is 0. The van der Waals surface area contributed by atoms with Crippen molar-refractivity contribution in [2.45, 2.75) is 19.9 Å². The van der Waals surface area contributed by atoms with E-state index in [1.165, 1.54) is 12.3 Å². The summed E-state index contributed by atoms with van der Waals surface area (Å²) in [5.74, 6) is -0.423. The van der Waals surface area contributed by atoms with Gasteiger partial charge in [0, 0.05) is 37.1 Å². The number of hydrogen-bond donors (Lipinski definition) is 0. The summed E-state index contributed by atoms with van der Waals surface area (Å²) in [6.07, 6.45) is 1.51. The Labute approximate surface area is 96.9 Å². The lowest BCUT2D eigenvalue weighted by molar-refractivity contribution is 0.373. The lowest BCUT2D eigenvalue weighted by Gasteiger charge is -2.31. The second-order valence-electron chi connectivity index (χ2n) is 4.23. The molecule has 0 aromatic carbocycles. The molecule has 0 aliphatic heterocycles. The Balaban J connectivity index is 2.81. The molecule has 0 radical (unpaired) electrons. The van der Waals surface area contributed by atoms with Crippen molar-refractivity contribution < 1.29 is 4.39 Å². The lowest BCUT2D eigenvalue weighted by Crippen LogP contribution is -2.40. The van der Waals surface area contributed by atoms with Gasteiger partial charge in [-0.15, -0.1) is 0 Å². The number of hydrogen-bond acceptors (Lipinski definition) is 3. The van der Waals surface area contributed by atoms with Crippen molar-refractivity contribution in [2.24, 2.45) is 0 Å². The maximum Gasteiger partial charge on any atom is 0.214 e. The summed E-state index contributed by atoms with van der Waals surface area (Å²) in [6.45, 7) is 6.02. The number of likely N-dealkylation sites (N-methyl/N-ethyl adjacent to an activating group) is 2. The van der Waals surface area contributed by atoms with Crippen LogP contribution in [-0.2, 0) is 0 Å². The average Bonchev–Trinajstić information content (AvgIpc) is 2.17. The number of aromatic nitrogens is 1. The molecule has 0 fully saturated rings. The Morgan fingerprint density at radius 3 is 2.62 bits per heavy atom. The van der Waals surface area contributed by atoms with Crippen molar-refractivity contribution in [1.82, 2.24) is 9.88 Å². The molecule has 1 aromatic heterocycles. The minimum Gasteiger partial charge on any atom is -0.368 e. The first-order valence-corrected chi connectivity index (χ1v) is 5.57. The first-order chi connectivity index (χ1) is 7.54. The Bertz CT molecular complexity index is 328. The Morgan fingerprint density at radius 2 is 2.12 bits per heavy atom. The third-order valence-corrected chi connectivity index (χ3v) is 2.54. The molecule has 0 spiro atoms. The Morgan fingerprint density at radius 1 is 1.44 bits per heavy atom. The molecule has 1 atom stereocenters. The van der Waals surface area contributed by atoms with E-state index in [9.17, 15) is 4.39 Å². The van der Waals surface area contributed by atoms with Crippen LogP contribution in [0.3, 0.4) is 0 Å². The van der Waals surface area contributed by atoms with Crippen molar-refractivity contribution in [2.75, 3.05) is 32.1 Å². The van der Waals surface area contributed by atoms with Crippen LogP contribution >= 0.6 is 0 Å². The predicted octanol–water partition coefficient (Wildman–Crippen LogP) is 2.00. The number of halogens is 1. The number of rotatable bonds is 5. The molecule has 0 bridgehead atoms. The van der Waals surface area contributed by atoms with E-state index in [4.69, 9.17) is 0 Å². The van der Waals surface area contributed by atoms with Crippen molar-refractivity contribution in [3.63, 3.8) is 0 Å². The second-order valence-corrected chi connectivity index (χ2v) is 4.23. The molecule has 4 heteroatoms. The SMILES string of the molecule is CCN(c1ccnc(F)c1)C(C)CN(C)C. The molecule has 0 aliphatic rings. The monoisotopic (exact) mass is 225 g/mol. The van der Waals surface area contributed by atoms with Crippen LogP contribution < -0.4 is 4.90 Å². The summed E-state index contributed by atoms with van der Waals surface area (Å²) in [6, 6.07) is 3.68. The minimum atomic E-state index is -0.423. The van der Waals surface area contributed by atoms with E-state index in [1.807, 2.05) is 20.2 Å². The molecule has 1 heterocycles. The van der Waals surface area contributed by atoms with Gasteiger partial charge in [-0.1, -0.05) is 0 Å². The predicted molar refractivity (Wildman–Crippen MR) is 65.2 cm³/mol. The maximum atomic E-state index is 13.0. The first kappa shape index (κ1) is 12.9. The van der Waals surface area contributed by atoms with Crippen LogP contribution in [0.2, 0.25) is 0 Å². The third-order valence-electron chi connectivity index (χ3n) is 2.54. The van der Waals surface area contributed by atoms with E-state index in [0.717, 1.165) is 18.8 Å². The van der Waals surface area contributed by atoms with E-state index < -0.39 is 5.95 Å². The fourth-order valence-corrected chi connectivity index (χ4v) is 1.95. The van der Waals surface area contributed by atoms with Crippen molar-refractivity contribution in [3.05, 3.63) is 24.3 Å². The highest BCUT2D eigenvalue weighted by atomic mass is 19.1. The number of nitrogens with zero attached hydrogens (tertiary/aromatic N) is 3. The topological polar surface area (TPSA) is 19.4 Å². The van der Waals surface area contributed by atoms with Gasteiger partial charge < -0.3 is 9.80 Å². The zero-order chi connectivity index (χ0) is 12.1. The molecule has 0 aliphatic carbocycles. The van der Waals surface area contributed by atoms with Gasteiger partial charge in [0.15, 0.2) is 0 Å². The van der Waals surface area contributed by atoms with E-state index >= 15 is 0 Å². The van der Waals surface area contributed by atoms with Crippen LogP contribution in [0.4, 0.5) is 10.1 Å². The van der Waals surface area contributed by atoms with Crippen LogP contribution in [0, 0.1) is 5.95 Å². The third kappa shape index (κ3) is 3.45. The van der Waals surface area contributed by atoms with Crippen LogP contribution in [0.25, 0.3) is 0 Å². The van der Waals surface area contributed by atoms with Gasteiger partial charge in [-0.25, -0.2) is 4.98 Å². The van der Waals surface area contributed by atoms with E-state index in [-0.39, 0.29) is 0 Å². The normalized spacial score (nSPS) is 12.9. The molecule has 3 nitrogen and oxygen atoms in total. The molecule has 0 saturated carbocycles. The highest BCUT2D eigenvalue weighted by Crippen LogP contribution is 2.16. The van der Waals surface area contributed by atoms with Gasteiger partial charge in [-0.3, -0.25) is 0 Å². The van der Waals surface area contributed by atoms with E-state index in [1.54, 1.807) is 0 Å². The smallest absolute Gasteiger partial charge is 0.214 e. The second kappa shape index (κ2) is 5.80. The summed E-state index contributed by atoms with van der Waals surface area (Å²) in [5, 5.41) is 0. The summed E-state index contributed by atoms with van der Waals surface area (Å²) in [7, 11) is 4.08. The molecular weight excluding hydrogens is 205 g/mol. The summed E-state index contributed by atoms with van der Waals surface area (Å²) < 4.78 is 13.0. The standard InChI is InChI=1S/C12H20FN3/c1-5-16(10(2)9-15(3)4)11-6-7-14-12(13)8-11/h6-8,10H,5,9H2,1-4H3. The molecular formula is C12H20FN3. The molecule has 1 aromatic rings. The molecule has 1 unspecified atom stereocenters. The Hall–Kier alpha value is -1.16. The quantitative estimate of drug-likeness (QED) is 0.714. The van der Waals surface area contributed by atoms with Gasteiger partial charge in [-0.05, 0) is 34.0 Å². The van der Waals surface area contributed by atoms with Crippen LogP contribution in [0.1, 0.15) is 13.8 Å². The fourth-order valence-electron chi connectivity index (χ4n) is 1.95. The largest absolute Gasteiger partial charge is 0.368 e. The zero-order valence-electron chi connectivity index (χ0n) is 10.4. The van der Waals surface area contributed by atoms with Crippen molar-refractivity contribution in [3.8, 4) is 0 Å². The van der Waals surface area contributed by atoms with Gasteiger partial charge >= 0.3 is 0 Å². The van der Waals surface area contributed by atoms with Crippen LogP contribution in [-0.4, -0.2) is 43.1 Å². The highest BCUT2D eigenvalue weighted by Gasteiger charge is 2.14. The molecule has 16 heavy (non-hydrogen) atoms. The molecule has 90 valence electrons. The fraction of sp³-hybridized carbons (Fsp3) is 0.583. The summed E-state index contributed by atoms with van der Waals surface area (Å²) in [4.78, 5) is 7.87. The Kier molecular flexibility index (Phi) is 4.68. The van der Waals surface area contributed by atoms with Crippen LogP contribution in [0.15, 0.2) is 18.3 Å². The van der Waals surface area contributed by atoms with E-state index in [0.29, 0.717) is 6.04 Å². The van der Waals surface area contributed by atoms with Gasteiger partial charge in [-0.2, -0.15) is 4.39 Å². The molecule has 0 saturated heterocycles. The van der Waals surface area contributed by atoms with Crippen molar-refractivity contribution in [1.29, 1.82) is 0 Å². The lowest BCUT2D eigenvalue weighted by atomic mass is 10.2. The molecule has 0 amide bonds. The minimum absolute atomic E-state index is 0.349. The van der Waals surface area contributed by atoms with Gasteiger partial charge in [0.2, 0.25) is 5.95 Å². The summed E-state index contributed by atoms with van der Waals surface area (Å²) in [5.41, 5.74) is 0.893. The van der Waals surface area contributed by atoms with Gasteiger partial charge in [0.05, 0.1) is 0 Å². The first-order valence-electron chi connectivity index (χ1n) is 5.57. The molecule has 0 N–H and O–H groups in total. The number of pyridine rings is 1. The van der Waals surface area contributed by atoms with Crippen molar-refractivity contribution >= 4 is 5.69 Å². The van der Waals surface area contributed by atoms with Gasteiger partial charge in [0.1, 0.15) is 0 Å².